The van der Waals surface area contributed by atoms with Gasteiger partial charge in [0.15, 0.2) is 0 Å². The zero-order valence-electron chi connectivity index (χ0n) is 15.7. The zero-order chi connectivity index (χ0) is 20.1. The van der Waals surface area contributed by atoms with Gasteiger partial charge in [-0.05, 0) is 30.5 Å². The third-order valence-corrected chi connectivity index (χ3v) is 6.84. The molecule has 8 nitrogen and oxygen atoms in total. The van der Waals surface area contributed by atoms with Crippen LogP contribution < -0.4 is 0 Å². The summed E-state index contributed by atoms with van der Waals surface area (Å²) >= 11 is 1.50. The maximum Gasteiger partial charge on any atom is 0.253 e. The van der Waals surface area contributed by atoms with Crippen molar-refractivity contribution in [1.82, 2.24) is 19.7 Å². The molecule has 0 aliphatic carbocycles. The van der Waals surface area contributed by atoms with Crippen molar-refractivity contribution in [1.29, 1.82) is 0 Å². The monoisotopic (exact) mass is 412 g/mol. The van der Waals surface area contributed by atoms with Gasteiger partial charge in [-0.1, -0.05) is 0 Å². The molecule has 0 N–H and O–H groups in total. The van der Waals surface area contributed by atoms with Crippen molar-refractivity contribution in [3.8, 4) is 0 Å². The van der Waals surface area contributed by atoms with Gasteiger partial charge in [-0.25, -0.2) is 4.98 Å². The number of hydrogen-bond donors (Lipinski definition) is 0. The molecule has 5 rings (SSSR count). The first-order valence-corrected chi connectivity index (χ1v) is 10.6. The Morgan fingerprint density at radius 3 is 2.69 bits per heavy atom. The fourth-order valence-corrected chi connectivity index (χ4v) is 5.34. The van der Waals surface area contributed by atoms with Crippen molar-refractivity contribution in [3.05, 3.63) is 29.3 Å². The van der Waals surface area contributed by atoms with Gasteiger partial charge in [-0.3, -0.25) is 24.1 Å². The molecule has 1 aromatic heterocycles. The lowest BCUT2D eigenvalue weighted by Crippen LogP contribution is -2.48. The van der Waals surface area contributed by atoms with E-state index in [1.807, 2.05) is 17.0 Å². The van der Waals surface area contributed by atoms with E-state index in [0.717, 1.165) is 21.5 Å². The highest BCUT2D eigenvalue weighted by atomic mass is 32.1. The molecule has 3 aliphatic rings. The number of imide groups is 1. The third-order valence-electron chi connectivity index (χ3n) is 6.04. The molecule has 0 saturated carbocycles. The van der Waals surface area contributed by atoms with Gasteiger partial charge in [0.05, 0.1) is 15.7 Å². The van der Waals surface area contributed by atoms with Crippen molar-refractivity contribution in [2.24, 2.45) is 5.92 Å². The minimum atomic E-state index is -0.277. The van der Waals surface area contributed by atoms with Crippen LogP contribution in [0.2, 0.25) is 0 Å². The maximum atomic E-state index is 13.0. The summed E-state index contributed by atoms with van der Waals surface area (Å²) in [5.74, 6) is -0.573. The smallest absolute Gasteiger partial charge is 0.253 e. The second-order valence-corrected chi connectivity index (χ2v) is 8.81. The van der Waals surface area contributed by atoms with Crippen molar-refractivity contribution >= 4 is 45.2 Å². The zero-order valence-corrected chi connectivity index (χ0v) is 16.6. The molecule has 3 fully saturated rings. The maximum absolute atomic E-state index is 13.0. The summed E-state index contributed by atoms with van der Waals surface area (Å²) in [7, 11) is 0. The molecule has 0 spiro atoms. The van der Waals surface area contributed by atoms with Crippen LogP contribution in [0.15, 0.2) is 23.7 Å². The highest BCUT2D eigenvalue weighted by Crippen LogP contribution is 2.31. The Hall–Kier alpha value is -2.81. The van der Waals surface area contributed by atoms with Crippen LogP contribution in [0.25, 0.3) is 10.2 Å². The molecular formula is C20H20N4O4S. The molecule has 150 valence electrons. The number of piperidine rings is 1. The SMILES string of the molecule is O=C(c1ccc2ncsc2c1)N1CC2CC(C1)N(C(=O)CN1C(=O)CCC1=O)C2. The van der Waals surface area contributed by atoms with Crippen LogP contribution >= 0.6 is 11.3 Å². The van der Waals surface area contributed by atoms with Gasteiger partial charge in [0, 0.05) is 44.1 Å². The van der Waals surface area contributed by atoms with E-state index >= 15 is 0 Å². The Kier molecular flexibility index (Phi) is 4.34. The lowest BCUT2D eigenvalue weighted by atomic mass is 9.99. The van der Waals surface area contributed by atoms with E-state index in [2.05, 4.69) is 4.98 Å². The molecule has 2 bridgehead atoms. The van der Waals surface area contributed by atoms with Gasteiger partial charge < -0.3 is 9.80 Å². The van der Waals surface area contributed by atoms with E-state index in [1.165, 1.54) is 11.3 Å². The van der Waals surface area contributed by atoms with Crippen LogP contribution in [0.5, 0.6) is 0 Å². The topological polar surface area (TPSA) is 90.9 Å². The van der Waals surface area contributed by atoms with Gasteiger partial charge in [-0.2, -0.15) is 0 Å². The number of likely N-dealkylation sites (tertiary alicyclic amines) is 3. The fourth-order valence-electron chi connectivity index (χ4n) is 4.63. The van der Waals surface area contributed by atoms with Gasteiger partial charge in [0.1, 0.15) is 6.54 Å². The number of nitrogens with zero attached hydrogens (tertiary/aromatic N) is 4. The third kappa shape index (κ3) is 3.19. The van der Waals surface area contributed by atoms with E-state index in [1.54, 1.807) is 16.5 Å². The molecule has 3 aliphatic heterocycles. The largest absolute Gasteiger partial charge is 0.336 e. The molecule has 2 aromatic rings. The Morgan fingerprint density at radius 2 is 1.90 bits per heavy atom. The summed E-state index contributed by atoms with van der Waals surface area (Å²) in [6, 6.07) is 5.47. The van der Waals surface area contributed by atoms with Crippen LogP contribution in [-0.4, -0.2) is 75.5 Å². The van der Waals surface area contributed by atoms with Gasteiger partial charge in [-0.15, -0.1) is 11.3 Å². The summed E-state index contributed by atoms with van der Waals surface area (Å²) in [4.78, 5) is 58.3. The number of aromatic nitrogens is 1. The molecule has 1 aromatic carbocycles. The first-order chi connectivity index (χ1) is 14.0. The number of amides is 4. The minimum Gasteiger partial charge on any atom is -0.336 e. The predicted octanol–water partition coefficient (Wildman–Crippen LogP) is 1.12. The molecule has 4 heterocycles. The number of benzene rings is 1. The average Bonchev–Trinajstić information content (AvgIpc) is 3.40. The number of rotatable bonds is 3. The number of hydrogen-bond acceptors (Lipinski definition) is 6. The van der Waals surface area contributed by atoms with Crippen molar-refractivity contribution in [2.45, 2.75) is 25.3 Å². The van der Waals surface area contributed by atoms with E-state index in [4.69, 9.17) is 0 Å². The Morgan fingerprint density at radius 1 is 1.10 bits per heavy atom. The molecular weight excluding hydrogens is 392 g/mol. The number of carbonyl (C=O) groups excluding carboxylic acids is 4. The molecule has 3 saturated heterocycles. The van der Waals surface area contributed by atoms with Crippen molar-refractivity contribution in [3.63, 3.8) is 0 Å². The molecule has 0 radical (unpaired) electrons. The molecule has 29 heavy (non-hydrogen) atoms. The molecule has 9 heteroatoms. The van der Waals surface area contributed by atoms with E-state index in [9.17, 15) is 19.2 Å². The summed E-state index contributed by atoms with van der Waals surface area (Å²) < 4.78 is 0.979. The normalized spacial score (nSPS) is 24.1. The van der Waals surface area contributed by atoms with Gasteiger partial charge >= 0.3 is 0 Å². The minimum absolute atomic E-state index is 0.0332. The Bertz CT molecular complexity index is 1020. The van der Waals surface area contributed by atoms with E-state index in [0.29, 0.717) is 25.2 Å². The summed E-state index contributed by atoms with van der Waals surface area (Å²) in [5, 5.41) is 0. The molecule has 2 atom stereocenters. The van der Waals surface area contributed by atoms with E-state index < -0.39 is 0 Å². The lowest BCUT2D eigenvalue weighted by molar-refractivity contribution is -0.145. The number of fused-ring (bicyclic) bond motifs is 3. The fraction of sp³-hybridized carbons (Fsp3) is 0.450. The van der Waals surface area contributed by atoms with Crippen LogP contribution in [-0.2, 0) is 14.4 Å². The summed E-state index contributed by atoms with van der Waals surface area (Å²) in [6.07, 6.45) is 1.22. The van der Waals surface area contributed by atoms with Gasteiger partial charge in [0.25, 0.3) is 5.91 Å². The first-order valence-electron chi connectivity index (χ1n) is 9.75. The summed E-state index contributed by atoms with van der Waals surface area (Å²) in [6.45, 7) is 1.47. The summed E-state index contributed by atoms with van der Waals surface area (Å²) in [5.41, 5.74) is 3.28. The number of carbonyl (C=O) groups is 4. The quantitative estimate of drug-likeness (QED) is 0.705. The Balaban J connectivity index is 1.28. The van der Waals surface area contributed by atoms with Crippen LogP contribution in [0.4, 0.5) is 0 Å². The van der Waals surface area contributed by atoms with Gasteiger partial charge in [0.2, 0.25) is 17.7 Å². The standard InChI is InChI=1S/C20H20N4O4S/c25-17-3-4-18(26)24(17)10-19(27)23-8-12-5-14(23)9-22(7-12)20(28)13-1-2-15-16(6-13)29-11-21-15/h1-2,6,11-12,14H,3-5,7-10H2. The highest BCUT2D eigenvalue weighted by molar-refractivity contribution is 7.16. The Labute approximate surface area is 171 Å². The van der Waals surface area contributed by atoms with E-state index in [-0.39, 0.29) is 55.0 Å². The van der Waals surface area contributed by atoms with Crippen molar-refractivity contribution < 1.29 is 19.2 Å². The predicted molar refractivity (Wildman–Crippen MR) is 105 cm³/mol. The molecule has 4 amide bonds. The second-order valence-electron chi connectivity index (χ2n) is 7.92. The van der Waals surface area contributed by atoms with Crippen LogP contribution in [0.3, 0.4) is 0 Å². The van der Waals surface area contributed by atoms with Crippen LogP contribution in [0, 0.1) is 5.92 Å². The average molecular weight is 412 g/mol. The highest BCUT2D eigenvalue weighted by Gasteiger charge is 2.43. The lowest BCUT2D eigenvalue weighted by Gasteiger charge is -2.33. The van der Waals surface area contributed by atoms with Crippen LogP contribution in [0.1, 0.15) is 29.6 Å². The van der Waals surface area contributed by atoms with Crippen molar-refractivity contribution in [2.75, 3.05) is 26.2 Å². The first kappa shape index (κ1) is 18.2. The second kappa shape index (κ2) is 6.91. The molecule has 2 unspecified atom stereocenters. The number of thiazole rings is 1.